The number of halogens is 1. The summed E-state index contributed by atoms with van der Waals surface area (Å²) in [6.45, 7) is 2.48. The Bertz CT molecular complexity index is 545. The maximum absolute atomic E-state index is 11.7. The molecule has 18 heavy (non-hydrogen) atoms. The van der Waals surface area contributed by atoms with E-state index in [2.05, 4.69) is 15.3 Å². The first-order valence-corrected chi connectivity index (χ1v) is 7.64. The van der Waals surface area contributed by atoms with E-state index in [-0.39, 0.29) is 10.7 Å². The first-order chi connectivity index (χ1) is 8.36. The largest absolute Gasteiger partial charge is 0.351 e. The quantitative estimate of drug-likeness (QED) is 0.647. The van der Waals surface area contributed by atoms with Gasteiger partial charge in [0, 0.05) is 12.8 Å². The topological polar surface area (TPSA) is 89.0 Å². The minimum absolute atomic E-state index is 0.0244. The average molecular weight is 292 g/mol. The van der Waals surface area contributed by atoms with Crippen LogP contribution in [0.2, 0.25) is 5.02 Å². The van der Waals surface area contributed by atoms with Crippen LogP contribution in [0.5, 0.6) is 0 Å². The van der Waals surface area contributed by atoms with Crippen LogP contribution < -0.4 is 5.32 Å². The number of hydrogen-bond acceptors (Lipinski definition) is 5. The summed E-state index contributed by atoms with van der Waals surface area (Å²) >= 11 is 5.77. The Morgan fingerprint density at radius 2 is 2.17 bits per heavy atom. The minimum Gasteiger partial charge on any atom is -0.351 e. The van der Waals surface area contributed by atoms with E-state index in [0.29, 0.717) is 6.54 Å². The zero-order chi connectivity index (χ0) is 13.8. The summed E-state index contributed by atoms with van der Waals surface area (Å²) in [4.78, 5) is 19.0. The molecule has 0 bridgehead atoms. The van der Waals surface area contributed by atoms with Gasteiger partial charge in [0.25, 0.3) is 5.91 Å². The highest BCUT2D eigenvalue weighted by Gasteiger charge is 2.18. The maximum atomic E-state index is 11.7. The number of hydrogen-bond donors (Lipinski definition) is 1. The molecule has 100 valence electrons. The second-order valence-electron chi connectivity index (χ2n) is 3.73. The van der Waals surface area contributed by atoms with Crippen molar-refractivity contribution in [3.05, 3.63) is 16.9 Å². The van der Waals surface area contributed by atoms with Crippen LogP contribution in [0.25, 0.3) is 0 Å². The van der Waals surface area contributed by atoms with Gasteiger partial charge in [0.1, 0.15) is 0 Å². The van der Waals surface area contributed by atoms with Crippen molar-refractivity contribution in [2.45, 2.75) is 24.9 Å². The predicted octanol–water partition coefficient (Wildman–Crippen LogP) is 1.06. The zero-order valence-corrected chi connectivity index (χ0v) is 11.7. The van der Waals surface area contributed by atoms with E-state index in [1.165, 1.54) is 0 Å². The van der Waals surface area contributed by atoms with Crippen molar-refractivity contribution < 1.29 is 13.2 Å². The number of nitrogens with zero attached hydrogens (tertiary/aromatic N) is 2. The summed E-state index contributed by atoms with van der Waals surface area (Å²) in [5.41, 5.74) is -0.122. The van der Waals surface area contributed by atoms with E-state index in [4.69, 9.17) is 11.6 Å². The summed E-state index contributed by atoms with van der Waals surface area (Å²) in [6.07, 6.45) is 3.84. The highest BCUT2D eigenvalue weighted by atomic mass is 35.5. The lowest BCUT2D eigenvalue weighted by Crippen LogP contribution is -2.26. The summed E-state index contributed by atoms with van der Waals surface area (Å²) in [7, 11) is -3.56. The molecule has 0 aliphatic carbocycles. The fourth-order valence-electron chi connectivity index (χ4n) is 1.15. The number of rotatable bonds is 5. The van der Waals surface area contributed by atoms with Crippen molar-refractivity contribution in [3.63, 3.8) is 0 Å². The Morgan fingerprint density at radius 1 is 1.50 bits per heavy atom. The van der Waals surface area contributed by atoms with Crippen molar-refractivity contribution in [2.24, 2.45) is 0 Å². The SMILES string of the molecule is CCCCNC(=O)c1nc(S(C)(=O)=O)ncc1Cl. The highest BCUT2D eigenvalue weighted by molar-refractivity contribution is 7.90. The molecule has 0 aliphatic heterocycles. The number of carbonyl (C=O) groups is 1. The molecule has 1 heterocycles. The van der Waals surface area contributed by atoms with Gasteiger partial charge in [-0.1, -0.05) is 24.9 Å². The van der Waals surface area contributed by atoms with E-state index in [1.807, 2.05) is 6.92 Å². The molecule has 0 spiro atoms. The van der Waals surface area contributed by atoms with Crippen LogP contribution in [0, 0.1) is 0 Å². The standard InChI is InChI=1S/C10H14ClN3O3S/c1-3-4-5-12-9(15)8-7(11)6-13-10(14-8)18(2,16)17/h6H,3-5H2,1-2H3,(H,12,15). The summed E-state index contributed by atoms with van der Waals surface area (Å²) in [5.74, 6) is -0.499. The lowest BCUT2D eigenvalue weighted by molar-refractivity contribution is 0.0947. The predicted molar refractivity (Wildman–Crippen MR) is 67.4 cm³/mol. The van der Waals surface area contributed by atoms with Crippen LogP contribution in [-0.4, -0.2) is 37.1 Å². The fourth-order valence-corrected chi connectivity index (χ4v) is 1.83. The molecule has 1 N–H and O–H groups in total. The molecule has 1 rings (SSSR count). The molecule has 1 aromatic heterocycles. The van der Waals surface area contributed by atoms with Gasteiger partial charge in [0.2, 0.25) is 15.0 Å². The molecule has 0 aromatic carbocycles. The van der Waals surface area contributed by atoms with Gasteiger partial charge in [-0.3, -0.25) is 4.79 Å². The van der Waals surface area contributed by atoms with Crippen LogP contribution in [0.15, 0.2) is 11.4 Å². The van der Waals surface area contributed by atoms with Crippen molar-refractivity contribution in [2.75, 3.05) is 12.8 Å². The number of carbonyl (C=O) groups excluding carboxylic acids is 1. The van der Waals surface area contributed by atoms with Gasteiger partial charge in [-0.2, -0.15) is 0 Å². The molecular formula is C10H14ClN3O3S. The summed E-state index contributed by atoms with van der Waals surface area (Å²) in [6, 6.07) is 0. The van der Waals surface area contributed by atoms with Gasteiger partial charge in [-0.25, -0.2) is 18.4 Å². The monoisotopic (exact) mass is 291 g/mol. The van der Waals surface area contributed by atoms with Crippen molar-refractivity contribution in [3.8, 4) is 0 Å². The van der Waals surface area contributed by atoms with Gasteiger partial charge in [0.05, 0.1) is 11.2 Å². The van der Waals surface area contributed by atoms with E-state index >= 15 is 0 Å². The van der Waals surface area contributed by atoms with Crippen LogP contribution in [-0.2, 0) is 9.84 Å². The van der Waals surface area contributed by atoms with Crippen molar-refractivity contribution >= 4 is 27.3 Å². The highest BCUT2D eigenvalue weighted by Crippen LogP contribution is 2.14. The van der Waals surface area contributed by atoms with Crippen molar-refractivity contribution in [1.29, 1.82) is 0 Å². The number of nitrogens with one attached hydrogen (secondary N) is 1. The van der Waals surface area contributed by atoms with Crippen LogP contribution in [0.1, 0.15) is 30.3 Å². The molecule has 0 atom stereocenters. The van der Waals surface area contributed by atoms with Crippen LogP contribution >= 0.6 is 11.6 Å². The molecule has 0 fully saturated rings. The van der Waals surface area contributed by atoms with Crippen LogP contribution in [0.3, 0.4) is 0 Å². The molecular weight excluding hydrogens is 278 g/mol. The van der Waals surface area contributed by atoms with Gasteiger partial charge < -0.3 is 5.32 Å². The second kappa shape index (κ2) is 6.10. The smallest absolute Gasteiger partial charge is 0.271 e. The lowest BCUT2D eigenvalue weighted by atomic mass is 10.3. The molecule has 0 radical (unpaired) electrons. The van der Waals surface area contributed by atoms with E-state index < -0.39 is 20.9 Å². The van der Waals surface area contributed by atoms with E-state index in [0.717, 1.165) is 25.3 Å². The normalized spacial score (nSPS) is 11.3. The molecule has 0 aliphatic rings. The third-order valence-corrected chi connectivity index (χ3v) is 3.22. The second-order valence-corrected chi connectivity index (χ2v) is 6.05. The third-order valence-electron chi connectivity index (χ3n) is 2.08. The Kier molecular flexibility index (Phi) is 5.03. The maximum Gasteiger partial charge on any atom is 0.271 e. The average Bonchev–Trinajstić information content (AvgIpc) is 2.28. The zero-order valence-electron chi connectivity index (χ0n) is 10.1. The number of sulfone groups is 1. The number of aromatic nitrogens is 2. The Balaban J connectivity index is 2.97. The van der Waals surface area contributed by atoms with E-state index in [9.17, 15) is 13.2 Å². The van der Waals surface area contributed by atoms with Gasteiger partial charge >= 0.3 is 0 Å². The molecule has 6 nitrogen and oxygen atoms in total. The van der Waals surface area contributed by atoms with Crippen LogP contribution in [0.4, 0.5) is 0 Å². The Labute approximate surface area is 111 Å². The molecule has 0 saturated heterocycles. The number of amides is 1. The molecule has 0 saturated carbocycles. The number of unbranched alkanes of at least 4 members (excludes halogenated alkanes) is 1. The summed E-state index contributed by atoms with van der Waals surface area (Å²) < 4.78 is 22.6. The Hall–Kier alpha value is -1.21. The lowest BCUT2D eigenvalue weighted by Gasteiger charge is -2.06. The molecule has 1 amide bonds. The molecule has 1 aromatic rings. The first-order valence-electron chi connectivity index (χ1n) is 5.37. The van der Waals surface area contributed by atoms with E-state index in [1.54, 1.807) is 0 Å². The Morgan fingerprint density at radius 3 is 2.72 bits per heavy atom. The minimum atomic E-state index is -3.56. The fraction of sp³-hybridized carbons (Fsp3) is 0.500. The first kappa shape index (κ1) is 14.8. The van der Waals surface area contributed by atoms with Gasteiger partial charge in [0.15, 0.2) is 5.69 Å². The third kappa shape index (κ3) is 3.92. The van der Waals surface area contributed by atoms with Crippen molar-refractivity contribution in [1.82, 2.24) is 15.3 Å². The van der Waals surface area contributed by atoms with Gasteiger partial charge in [-0.15, -0.1) is 0 Å². The summed E-state index contributed by atoms with van der Waals surface area (Å²) in [5, 5.41) is 2.23. The molecule has 0 unspecified atom stereocenters. The van der Waals surface area contributed by atoms with Gasteiger partial charge in [-0.05, 0) is 6.42 Å². The molecule has 8 heteroatoms.